The predicted molar refractivity (Wildman–Crippen MR) is 72.6 cm³/mol. The molecule has 86 valence electrons. The van der Waals surface area contributed by atoms with E-state index in [2.05, 4.69) is 27.9 Å². The lowest BCUT2D eigenvalue weighted by atomic mass is 10.2. The molecule has 3 nitrogen and oxygen atoms in total. The quantitative estimate of drug-likeness (QED) is 0.680. The van der Waals surface area contributed by atoms with Gasteiger partial charge in [0, 0.05) is 12.6 Å². The Hall–Kier alpha value is -1.04. The zero-order valence-electron chi connectivity index (χ0n) is 9.29. The molecule has 0 aliphatic heterocycles. The standard InChI is InChI=1S/C12H14INO2/c1-9(13)7-12(15)14-8-10-3-5-11(16-2)6-4-10/h3-7H,8H2,1-2H3,(H,14,15)/b9-7-. The second-order valence-corrected chi connectivity index (χ2v) is 5.00. The molecule has 0 aromatic heterocycles. The Morgan fingerprint density at radius 3 is 2.56 bits per heavy atom. The Balaban J connectivity index is 2.48. The van der Waals surface area contributed by atoms with Crippen LogP contribution in [-0.4, -0.2) is 13.0 Å². The summed E-state index contributed by atoms with van der Waals surface area (Å²) < 4.78 is 6.01. The fraction of sp³-hybridized carbons (Fsp3) is 0.250. The van der Waals surface area contributed by atoms with Crippen molar-refractivity contribution in [3.63, 3.8) is 0 Å². The summed E-state index contributed by atoms with van der Waals surface area (Å²) in [5.41, 5.74) is 1.05. The van der Waals surface area contributed by atoms with Crippen LogP contribution < -0.4 is 10.1 Å². The first kappa shape index (κ1) is 13.0. The van der Waals surface area contributed by atoms with Gasteiger partial charge in [0.25, 0.3) is 0 Å². The van der Waals surface area contributed by atoms with E-state index in [0.717, 1.165) is 14.9 Å². The van der Waals surface area contributed by atoms with Crippen molar-refractivity contribution in [1.29, 1.82) is 0 Å². The molecule has 0 radical (unpaired) electrons. The molecule has 0 unspecified atom stereocenters. The molecule has 1 aromatic rings. The van der Waals surface area contributed by atoms with Crippen LogP contribution in [0.4, 0.5) is 0 Å². The van der Waals surface area contributed by atoms with Gasteiger partial charge in [0.15, 0.2) is 0 Å². The van der Waals surface area contributed by atoms with Gasteiger partial charge in [0.2, 0.25) is 5.91 Å². The van der Waals surface area contributed by atoms with Gasteiger partial charge in [-0.1, -0.05) is 12.1 Å². The number of methoxy groups -OCH3 is 1. The van der Waals surface area contributed by atoms with Crippen LogP contribution in [0.2, 0.25) is 0 Å². The van der Waals surface area contributed by atoms with E-state index in [1.54, 1.807) is 13.2 Å². The van der Waals surface area contributed by atoms with Crippen molar-refractivity contribution in [3.8, 4) is 5.75 Å². The molecule has 0 aliphatic carbocycles. The third-order valence-corrected chi connectivity index (χ3v) is 2.27. The number of benzene rings is 1. The number of nitrogens with one attached hydrogen (secondary N) is 1. The minimum absolute atomic E-state index is 0.0669. The van der Waals surface area contributed by atoms with E-state index in [0.29, 0.717) is 6.54 Å². The topological polar surface area (TPSA) is 38.3 Å². The van der Waals surface area contributed by atoms with Crippen molar-refractivity contribution in [1.82, 2.24) is 5.32 Å². The molecule has 0 saturated carbocycles. The average molecular weight is 331 g/mol. The largest absolute Gasteiger partial charge is 0.497 e. The number of rotatable bonds is 4. The van der Waals surface area contributed by atoms with Gasteiger partial charge in [-0.3, -0.25) is 4.79 Å². The van der Waals surface area contributed by atoms with Crippen molar-refractivity contribution in [2.45, 2.75) is 13.5 Å². The number of halogens is 1. The molecule has 0 heterocycles. The molecular weight excluding hydrogens is 317 g/mol. The summed E-state index contributed by atoms with van der Waals surface area (Å²) in [6.07, 6.45) is 1.57. The molecule has 16 heavy (non-hydrogen) atoms. The maximum atomic E-state index is 11.3. The van der Waals surface area contributed by atoms with E-state index in [1.165, 1.54) is 0 Å². The molecule has 1 rings (SSSR count). The van der Waals surface area contributed by atoms with Crippen LogP contribution in [0, 0.1) is 0 Å². The normalized spacial score (nSPS) is 11.1. The minimum Gasteiger partial charge on any atom is -0.497 e. The summed E-state index contributed by atoms with van der Waals surface area (Å²) in [6, 6.07) is 7.61. The maximum Gasteiger partial charge on any atom is 0.244 e. The highest BCUT2D eigenvalue weighted by atomic mass is 127. The van der Waals surface area contributed by atoms with Crippen LogP contribution in [0.1, 0.15) is 12.5 Å². The van der Waals surface area contributed by atoms with Crippen LogP contribution in [0.25, 0.3) is 0 Å². The first-order valence-corrected chi connectivity index (χ1v) is 5.94. The van der Waals surface area contributed by atoms with Gasteiger partial charge in [-0.2, -0.15) is 0 Å². The molecule has 1 aromatic carbocycles. The van der Waals surface area contributed by atoms with Gasteiger partial charge in [-0.05, 0) is 50.8 Å². The minimum atomic E-state index is -0.0669. The second kappa shape index (κ2) is 6.52. The molecule has 0 aliphatic rings. The van der Waals surface area contributed by atoms with Crippen LogP contribution >= 0.6 is 22.6 Å². The summed E-state index contributed by atoms with van der Waals surface area (Å²) >= 11 is 2.11. The van der Waals surface area contributed by atoms with Gasteiger partial charge in [0.1, 0.15) is 5.75 Å². The SMILES string of the molecule is COc1ccc(CNC(=O)/C=C(/C)I)cc1. The zero-order chi connectivity index (χ0) is 12.0. The van der Waals surface area contributed by atoms with Crippen molar-refractivity contribution in [2.24, 2.45) is 0 Å². The Kier molecular flexibility index (Phi) is 5.31. The molecule has 0 atom stereocenters. The Morgan fingerprint density at radius 1 is 1.44 bits per heavy atom. The summed E-state index contributed by atoms with van der Waals surface area (Å²) in [5, 5.41) is 2.81. The number of ether oxygens (including phenoxy) is 1. The fourth-order valence-corrected chi connectivity index (χ4v) is 1.45. The molecule has 0 saturated heterocycles. The Bertz CT molecular complexity index is 381. The summed E-state index contributed by atoms with van der Waals surface area (Å²) in [7, 11) is 1.63. The first-order chi connectivity index (χ1) is 7.61. The van der Waals surface area contributed by atoms with E-state index >= 15 is 0 Å². The highest BCUT2D eigenvalue weighted by Gasteiger charge is 1.98. The van der Waals surface area contributed by atoms with Crippen molar-refractivity contribution in [2.75, 3.05) is 7.11 Å². The lowest BCUT2D eigenvalue weighted by molar-refractivity contribution is -0.116. The summed E-state index contributed by atoms with van der Waals surface area (Å²) in [6.45, 7) is 2.41. The number of hydrogen-bond acceptors (Lipinski definition) is 2. The number of carbonyl (C=O) groups is 1. The molecule has 1 N–H and O–H groups in total. The number of allylic oxidation sites excluding steroid dienone is 1. The average Bonchev–Trinajstić information content (AvgIpc) is 2.26. The van der Waals surface area contributed by atoms with E-state index < -0.39 is 0 Å². The Morgan fingerprint density at radius 2 is 2.06 bits per heavy atom. The summed E-state index contributed by atoms with van der Waals surface area (Å²) in [5.74, 6) is 0.751. The molecule has 0 spiro atoms. The van der Waals surface area contributed by atoms with E-state index in [-0.39, 0.29) is 5.91 Å². The number of carbonyl (C=O) groups excluding carboxylic acids is 1. The third-order valence-electron chi connectivity index (χ3n) is 1.96. The smallest absolute Gasteiger partial charge is 0.244 e. The summed E-state index contributed by atoms with van der Waals surface area (Å²) in [4.78, 5) is 11.3. The number of amides is 1. The van der Waals surface area contributed by atoms with Crippen molar-refractivity contribution >= 4 is 28.5 Å². The van der Waals surface area contributed by atoms with Crippen LogP contribution in [0.5, 0.6) is 5.75 Å². The van der Waals surface area contributed by atoms with Gasteiger partial charge in [-0.25, -0.2) is 0 Å². The first-order valence-electron chi connectivity index (χ1n) is 4.86. The third kappa shape index (κ3) is 4.65. The van der Waals surface area contributed by atoms with Gasteiger partial charge >= 0.3 is 0 Å². The van der Waals surface area contributed by atoms with E-state index in [9.17, 15) is 4.79 Å². The van der Waals surface area contributed by atoms with Crippen molar-refractivity contribution < 1.29 is 9.53 Å². The highest BCUT2D eigenvalue weighted by molar-refractivity contribution is 14.1. The van der Waals surface area contributed by atoms with Crippen molar-refractivity contribution in [3.05, 3.63) is 39.5 Å². The predicted octanol–water partition coefficient (Wildman–Crippen LogP) is 2.65. The van der Waals surface area contributed by atoms with E-state index in [1.807, 2.05) is 31.2 Å². The lowest BCUT2D eigenvalue weighted by Crippen LogP contribution is -2.20. The van der Waals surface area contributed by atoms with Crippen LogP contribution in [0.3, 0.4) is 0 Å². The molecular formula is C12H14INO2. The second-order valence-electron chi connectivity index (χ2n) is 3.30. The zero-order valence-corrected chi connectivity index (χ0v) is 11.4. The van der Waals surface area contributed by atoms with Gasteiger partial charge in [-0.15, -0.1) is 0 Å². The Labute approximate surface area is 109 Å². The van der Waals surface area contributed by atoms with E-state index in [4.69, 9.17) is 4.74 Å². The van der Waals surface area contributed by atoms with Gasteiger partial charge < -0.3 is 10.1 Å². The molecule has 4 heteroatoms. The number of hydrogen-bond donors (Lipinski definition) is 1. The van der Waals surface area contributed by atoms with Crippen LogP contribution in [-0.2, 0) is 11.3 Å². The molecule has 0 fully saturated rings. The van der Waals surface area contributed by atoms with Crippen LogP contribution in [0.15, 0.2) is 33.9 Å². The van der Waals surface area contributed by atoms with Gasteiger partial charge in [0.05, 0.1) is 7.11 Å². The maximum absolute atomic E-state index is 11.3. The molecule has 0 bridgehead atoms. The fourth-order valence-electron chi connectivity index (χ4n) is 1.16. The molecule has 1 amide bonds. The highest BCUT2D eigenvalue weighted by Crippen LogP contribution is 2.11. The monoisotopic (exact) mass is 331 g/mol. The lowest BCUT2D eigenvalue weighted by Gasteiger charge is -2.04.